The number of nitrogens with one attached hydrogen (secondary N) is 4. The standard InChI is InChI=1S/C19H22ClN5O3/c1-23-15-6-5-13(20)8-14(15)19(27)25-9-12-4-3-11(18(21)22)7-16(12)28-10-17(26)24-2/h3-8,23H,9-10H2,1-2H3,(H3,21,22)(H,24,26)(H,25,27). The van der Waals surface area contributed by atoms with Crippen LogP contribution in [0.5, 0.6) is 5.75 Å². The maximum atomic E-state index is 12.6. The predicted molar refractivity (Wildman–Crippen MR) is 109 cm³/mol. The lowest BCUT2D eigenvalue weighted by molar-refractivity contribution is -0.122. The lowest BCUT2D eigenvalue weighted by Gasteiger charge is -2.14. The largest absolute Gasteiger partial charge is 0.483 e. The molecule has 2 aromatic rings. The highest BCUT2D eigenvalue weighted by molar-refractivity contribution is 6.31. The summed E-state index contributed by atoms with van der Waals surface area (Å²) in [7, 11) is 3.22. The van der Waals surface area contributed by atoms with Crippen LogP contribution in [0.4, 0.5) is 5.69 Å². The fraction of sp³-hybridized carbons (Fsp3) is 0.211. The summed E-state index contributed by atoms with van der Waals surface area (Å²) < 4.78 is 5.53. The van der Waals surface area contributed by atoms with Crippen molar-refractivity contribution >= 4 is 34.9 Å². The van der Waals surface area contributed by atoms with Crippen molar-refractivity contribution in [2.45, 2.75) is 6.54 Å². The zero-order valence-electron chi connectivity index (χ0n) is 15.6. The molecule has 148 valence electrons. The number of hydrogen-bond acceptors (Lipinski definition) is 5. The maximum Gasteiger partial charge on any atom is 0.257 e. The van der Waals surface area contributed by atoms with Crippen molar-refractivity contribution in [1.29, 1.82) is 5.41 Å². The Labute approximate surface area is 167 Å². The van der Waals surface area contributed by atoms with Gasteiger partial charge in [-0.25, -0.2) is 0 Å². The number of likely N-dealkylation sites (N-methyl/N-ethyl adjacent to an activating group) is 1. The Kier molecular flexibility index (Phi) is 7.22. The van der Waals surface area contributed by atoms with Gasteiger partial charge in [-0.3, -0.25) is 15.0 Å². The van der Waals surface area contributed by atoms with Gasteiger partial charge in [0.25, 0.3) is 11.8 Å². The molecule has 0 spiro atoms. The SMILES string of the molecule is CNC(=O)COc1cc(C(=N)N)ccc1CNC(=O)c1cc(Cl)ccc1NC. The van der Waals surface area contributed by atoms with Crippen LogP contribution >= 0.6 is 11.6 Å². The molecule has 2 amide bonds. The molecule has 8 nitrogen and oxygen atoms in total. The van der Waals surface area contributed by atoms with Crippen LogP contribution in [-0.4, -0.2) is 38.4 Å². The molecule has 0 heterocycles. The van der Waals surface area contributed by atoms with Crippen molar-refractivity contribution in [1.82, 2.24) is 10.6 Å². The van der Waals surface area contributed by atoms with E-state index in [1.165, 1.54) is 7.05 Å². The van der Waals surface area contributed by atoms with E-state index in [9.17, 15) is 9.59 Å². The van der Waals surface area contributed by atoms with E-state index in [4.69, 9.17) is 27.5 Å². The lowest BCUT2D eigenvalue weighted by Crippen LogP contribution is -2.26. The number of hydrogen-bond donors (Lipinski definition) is 5. The van der Waals surface area contributed by atoms with Gasteiger partial charge in [-0.2, -0.15) is 0 Å². The highest BCUT2D eigenvalue weighted by atomic mass is 35.5. The van der Waals surface area contributed by atoms with Crippen LogP contribution in [0.3, 0.4) is 0 Å². The minimum atomic E-state index is -0.320. The monoisotopic (exact) mass is 403 g/mol. The molecule has 0 atom stereocenters. The Bertz CT molecular complexity index is 901. The normalized spacial score (nSPS) is 10.1. The molecule has 0 radical (unpaired) electrons. The highest BCUT2D eigenvalue weighted by Gasteiger charge is 2.14. The average Bonchev–Trinajstić information content (AvgIpc) is 2.70. The fourth-order valence-corrected chi connectivity index (χ4v) is 2.58. The van der Waals surface area contributed by atoms with Crippen LogP contribution in [0.25, 0.3) is 0 Å². The van der Waals surface area contributed by atoms with Crippen molar-refractivity contribution in [2.75, 3.05) is 26.0 Å². The molecule has 0 aliphatic rings. The summed E-state index contributed by atoms with van der Waals surface area (Å²) in [4.78, 5) is 24.1. The van der Waals surface area contributed by atoms with Crippen molar-refractivity contribution in [3.8, 4) is 5.75 Å². The number of carbonyl (C=O) groups is 2. The molecule has 0 aliphatic heterocycles. The first-order chi connectivity index (χ1) is 13.3. The van der Waals surface area contributed by atoms with E-state index in [0.29, 0.717) is 33.1 Å². The van der Waals surface area contributed by atoms with Gasteiger partial charge in [0.2, 0.25) is 0 Å². The summed E-state index contributed by atoms with van der Waals surface area (Å²) >= 11 is 5.99. The van der Waals surface area contributed by atoms with Crippen molar-refractivity contribution in [2.24, 2.45) is 5.73 Å². The van der Waals surface area contributed by atoms with Crippen LogP contribution in [-0.2, 0) is 11.3 Å². The smallest absolute Gasteiger partial charge is 0.257 e. The summed E-state index contributed by atoms with van der Waals surface area (Å²) in [5, 5.41) is 16.2. The van der Waals surface area contributed by atoms with Crippen LogP contribution in [0.2, 0.25) is 5.02 Å². The second-order valence-corrected chi connectivity index (χ2v) is 6.26. The van der Waals surface area contributed by atoms with Crippen LogP contribution in [0.1, 0.15) is 21.5 Å². The van der Waals surface area contributed by atoms with E-state index >= 15 is 0 Å². The van der Waals surface area contributed by atoms with Gasteiger partial charge in [0, 0.05) is 42.5 Å². The number of carbonyl (C=O) groups excluding carboxylic acids is 2. The second-order valence-electron chi connectivity index (χ2n) is 5.82. The highest BCUT2D eigenvalue weighted by Crippen LogP contribution is 2.23. The number of amides is 2. The lowest BCUT2D eigenvalue weighted by atomic mass is 10.1. The Morgan fingerprint density at radius 2 is 1.93 bits per heavy atom. The third kappa shape index (κ3) is 5.37. The summed E-state index contributed by atoms with van der Waals surface area (Å²) in [5.41, 5.74) is 7.66. The van der Waals surface area contributed by atoms with E-state index < -0.39 is 0 Å². The zero-order chi connectivity index (χ0) is 20.7. The summed E-state index contributed by atoms with van der Waals surface area (Å²) in [6.45, 7) is -0.0488. The van der Waals surface area contributed by atoms with Crippen LogP contribution in [0.15, 0.2) is 36.4 Å². The number of rotatable bonds is 8. The number of amidine groups is 1. The molecular formula is C19H22ClN5O3. The zero-order valence-corrected chi connectivity index (χ0v) is 16.3. The second kappa shape index (κ2) is 9.61. The average molecular weight is 404 g/mol. The van der Waals surface area contributed by atoms with Gasteiger partial charge in [0.1, 0.15) is 11.6 Å². The number of nitrogens with two attached hydrogens (primary N) is 1. The Balaban J connectivity index is 2.20. The summed E-state index contributed by atoms with van der Waals surface area (Å²) in [5.74, 6) is -0.393. The van der Waals surface area contributed by atoms with E-state index in [0.717, 1.165) is 0 Å². The fourth-order valence-electron chi connectivity index (χ4n) is 2.41. The molecular weight excluding hydrogens is 382 g/mol. The number of halogens is 1. The molecule has 0 saturated heterocycles. The van der Waals surface area contributed by atoms with Gasteiger partial charge in [-0.05, 0) is 24.3 Å². The van der Waals surface area contributed by atoms with E-state index in [2.05, 4.69) is 16.0 Å². The van der Waals surface area contributed by atoms with Gasteiger partial charge in [0.05, 0.1) is 5.56 Å². The molecule has 0 aliphatic carbocycles. The third-order valence-corrected chi connectivity index (χ3v) is 4.19. The van der Waals surface area contributed by atoms with E-state index in [-0.39, 0.29) is 30.8 Å². The molecule has 6 N–H and O–H groups in total. The molecule has 2 rings (SSSR count). The number of ether oxygens (including phenoxy) is 1. The molecule has 2 aromatic carbocycles. The molecule has 0 fully saturated rings. The number of benzene rings is 2. The molecule has 0 aromatic heterocycles. The quantitative estimate of drug-likeness (QED) is 0.338. The van der Waals surface area contributed by atoms with Gasteiger partial charge in [0.15, 0.2) is 6.61 Å². The number of anilines is 1. The van der Waals surface area contributed by atoms with E-state index in [1.54, 1.807) is 43.4 Å². The molecule has 0 bridgehead atoms. The Morgan fingerprint density at radius 1 is 1.18 bits per heavy atom. The molecule has 9 heteroatoms. The van der Waals surface area contributed by atoms with Gasteiger partial charge < -0.3 is 26.4 Å². The Morgan fingerprint density at radius 3 is 2.57 bits per heavy atom. The topological polar surface area (TPSA) is 129 Å². The first-order valence-corrected chi connectivity index (χ1v) is 8.79. The predicted octanol–water partition coefficient (Wildman–Crippen LogP) is 1.72. The minimum absolute atomic E-state index is 0.127. The van der Waals surface area contributed by atoms with Crippen molar-refractivity contribution in [3.63, 3.8) is 0 Å². The van der Waals surface area contributed by atoms with Gasteiger partial charge in [-0.1, -0.05) is 23.7 Å². The van der Waals surface area contributed by atoms with E-state index in [1.807, 2.05) is 0 Å². The maximum absolute atomic E-state index is 12.6. The molecule has 0 unspecified atom stereocenters. The third-order valence-electron chi connectivity index (χ3n) is 3.95. The molecule has 28 heavy (non-hydrogen) atoms. The van der Waals surface area contributed by atoms with Crippen molar-refractivity contribution < 1.29 is 14.3 Å². The van der Waals surface area contributed by atoms with Crippen LogP contribution < -0.4 is 26.4 Å². The van der Waals surface area contributed by atoms with Gasteiger partial charge >= 0.3 is 0 Å². The van der Waals surface area contributed by atoms with Gasteiger partial charge in [-0.15, -0.1) is 0 Å². The molecule has 0 saturated carbocycles. The summed E-state index contributed by atoms with van der Waals surface area (Å²) in [6, 6.07) is 9.88. The van der Waals surface area contributed by atoms with Crippen molar-refractivity contribution in [3.05, 3.63) is 58.1 Å². The first-order valence-electron chi connectivity index (χ1n) is 8.42. The van der Waals surface area contributed by atoms with Crippen LogP contribution in [0, 0.1) is 5.41 Å². The number of nitrogen functional groups attached to an aromatic ring is 1. The Hall–Kier alpha value is -3.26. The summed E-state index contributed by atoms with van der Waals surface area (Å²) in [6.07, 6.45) is 0. The first kappa shape index (κ1) is 21.0. The minimum Gasteiger partial charge on any atom is -0.483 e.